The third kappa shape index (κ3) is 1.99. The second kappa shape index (κ2) is 4.49. The molecule has 2 aromatic heterocycles. The standard InChI is InChI=1S/C11H11N3OS/c1-3-9-11(16-14-13-9)10(15)8-4-7(2)5-12-6-8/h4-6H,3H2,1-2H3. The van der Waals surface area contributed by atoms with Crippen molar-refractivity contribution in [1.29, 1.82) is 0 Å². The van der Waals surface area contributed by atoms with Gasteiger partial charge >= 0.3 is 0 Å². The zero-order valence-electron chi connectivity index (χ0n) is 9.10. The fourth-order valence-electron chi connectivity index (χ4n) is 1.42. The summed E-state index contributed by atoms with van der Waals surface area (Å²) in [6.07, 6.45) is 4.02. The van der Waals surface area contributed by atoms with Crippen LogP contribution in [0.5, 0.6) is 0 Å². The summed E-state index contributed by atoms with van der Waals surface area (Å²) in [5, 5.41) is 3.93. The van der Waals surface area contributed by atoms with Gasteiger partial charge in [0.1, 0.15) is 4.88 Å². The van der Waals surface area contributed by atoms with Crippen molar-refractivity contribution < 1.29 is 4.79 Å². The number of hydrogen-bond donors (Lipinski definition) is 0. The van der Waals surface area contributed by atoms with Crippen LogP contribution in [0.25, 0.3) is 0 Å². The third-order valence-corrected chi connectivity index (χ3v) is 3.00. The topological polar surface area (TPSA) is 55.7 Å². The molecule has 0 aromatic carbocycles. The minimum Gasteiger partial charge on any atom is -0.287 e. The van der Waals surface area contributed by atoms with E-state index < -0.39 is 0 Å². The lowest BCUT2D eigenvalue weighted by molar-refractivity contribution is 0.104. The Morgan fingerprint density at radius 1 is 1.44 bits per heavy atom. The second-order valence-electron chi connectivity index (χ2n) is 3.48. The highest BCUT2D eigenvalue weighted by Crippen LogP contribution is 2.16. The molecule has 0 fully saturated rings. The molecule has 0 N–H and O–H groups in total. The van der Waals surface area contributed by atoms with Gasteiger partial charge in [0.15, 0.2) is 0 Å². The van der Waals surface area contributed by atoms with Crippen molar-refractivity contribution in [3.8, 4) is 0 Å². The molecular weight excluding hydrogens is 222 g/mol. The summed E-state index contributed by atoms with van der Waals surface area (Å²) in [5.74, 6) is -0.0388. The average Bonchev–Trinajstić information content (AvgIpc) is 2.76. The molecule has 4 nitrogen and oxygen atoms in total. The van der Waals surface area contributed by atoms with E-state index >= 15 is 0 Å². The number of carbonyl (C=O) groups is 1. The van der Waals surface area contributed by atoms with E-state index in [4.69, 9.17) is 0 Å². The zero-order valence-corrected chi connectivity index (χ0v) is 9.91. The summed E-state index contributed by atoms with van der Waals surface area (Å²) >= 11 is 1.14. The van der Waals surface area contributed by atoms with E-state index in [1.165, 1.54) is 0 Å². The summed E-state index contributed by atoms with van der Waals surface area (Å²) in [6, 6.07) is 1.83. The molecule has 0 bridgehead atoms. The minimum atomic E-state index is -0.0388. The van der Waals surface area contributed by atoms with Gasteiger partial charge in [0.05, 0.1) is 5.69 Å². The number of rotatable bonds is 3. The molecule has 2 rings (SSSR count). The van der Waals surface area contributed by atoms with Gasteiger partial charge in [-0.05, 0) is 36.5 Å². The van der Waals surface area contributed by atoms with E-state index in [-0.39, 0.29) is 5.78 Å². The maximum absolute atomic E-state index is 12.1. The van der Waals surface area contributed by atoms with Crippen LogP contribution in [0.3, 0.4) is 0 Å². The van der Waals surface area contributed by atoms with E-state index in [1.807, 2.05) is 19.9 Å². The fraction of sp³-hybridized carbons (Fsp3) is 0.273. The summed E-state index contributed by atoms with van der Waals surface area (Å²) in [4.78, 5) is 16.8. The molecule has 16 heavy (non-hydrogen) atoms. The molecule has 0 radical (unpaired) electrons. The first-order valence-corrected chi connectivity index (χ1v) is 5.77. The first-order valence-electron chi connectivity index (χ1n) is 5.00. The van der Waals surface area contributed by atoms with Gasteiger partial charge in [0, 0.05) is 18.0 Å². The van der Waals surface area contributed by atoms with Gasteiger partial charge in [-0.15, -0.1) is 5.10 Å². The number of ketones is 1. The summed E-state index contributed by atoms with van der Waals surface area (Å²) in [5.41, 5.74) is 2.33. The normalized spacial score (nSPS) is 10.4. The number of pyridine rings is 1. The molecule has 0 aliphatic rings. The molecule has 82 valence electrons. The van der Waals surface area contributed by atoms with Gasteiger partial charge in [-0.2, -0.15) is 0 Å². The van der Waals surface area contributed by atoms with Crippen molar-refractivity contribution in [2.75, 3.05) is 0 Å². The number of carbonyl (C=O) groups excluding carboxylic acids is 1. The molecule has 5 heteroatoms. The Bertz CT molecular complexity index is 521. The molecule has 0 saturated heterocycles. The third-order valence-electron chi connectivity index (χ3n) is 2.23. The minimum absolute atomic E-state index is 0.0388. The molecule has 2 aromatic rings. The first-order chi connectivity index (χ1) is 7.72. The van der Waals surface area contributed by atoms with Crippen LogP contribution in [0.2, 0.25) is 0 Å². The zero-order chi connectivity index (χ0) is 11.5. The van der Waals surface area contributed by atoms with E-state index in [9.17, 15) is 4.79 Å². The van der Waals surface area contributed by atoms with Crippen molar-refractivity contribution in [2.24, 2.45) is 0 Å². The van der Waals surface area contributed by atoms with Gasteiger partial charge in [0.2, 0.25) is 5.78 Å². The van der Waals surface area contributed by atoms with Crippen molar-refractivity contribution in [2.45, 2.75) is 20.3 Å². The Balaban J connectivity index is 2.39. The second-order valence-corrected chi connectivity index (χ2v) is 4.24. The molecular formula is C11H11N3OS. The highest BCUT2D eigenvalue weighted by Gasteiger charge is 2.17. The Hall–Kier alpha value is -1.62. The highest BCUT2D eigenvalue weighted by molar-refractivity contribution is 7.08. The molecule has 2 heterocycles. The predicted molar refractivity (Wildman–Crippen MR) is 61.7 cm³/mol. The SMILES string of the molecule is CCc1nnsc1C(=O)c1cncc(C)c1. The summed E-state index contributed by atoms with van der Waals surface area (Å²) in [7, 11) is 0. The summed E-state index contributed by atoms with van der Waals surface area (Å²) < 4.78 is 3.81. The number of nitrogens with zero attached hydrogens (tertiary/aromatic N) is 3. The van der Waals surface area contributed by atoms with E-state index in [2.05, 4.69) is 14.6 Å². The molecule has 0 atom stereocenters. The molecule has 0 saturated carbocycles. The maximum Gasteiger partial charge on any atom is 0.208 e. The van der Waals surface area contributed by atoms with Crippen LogP contribution >= 0.6 is 11.5 Å². The van der Waals surface area contributed by atoms with Gasteiger partial charge in [-0.1, -0.05) is 11.4 Å². The molecule has 0 aliphatic carbocycles. The van der Waals surface area contributed by atoms with Crippen LogP contribution in [0.1, 0.15) is 33.4 Å². The van der Waals surface area contributed by atoms with E-state index in [1.54, 1.807) is 12.4 Å². The lowest BCUT2D eigenvalue weighted by Gasteiger charge is -1.99. The highest BCUT2D eigenvalue weighted by atomic mass is 32.1. The molecule has 0 spiro atoms. The van der Waals surface area contributed by atoms with Crippen LogP contribution in [0.4, 0.5) is 0 Å². The average molecular weight is 233 g/mol. The van der Waals surface area contributed by atoms with Crippen molar-refractivity contribution in [3.63, 3.8) is 0 Å². The number of aryl methyl sites for hydroxylation is 2. The smallest absolute Gasteiger partial charge is 0.208 e. The largest absolute Gasteiger partial charge is 0.287 e. The molecule has 0 unspecified atom stereocenters. The van der Waals surface area contributed by atoms with E-state index in [0.717, 1.165) is 29.2 Å². The predicted octanol–water partition coefficient (Wildman–Crippen LogP) is 2.03. The monoisotopic (exact) mass is 233 g/mol. The number of hydrogen-bond acceptors (Lipinski definition) is 5. The van der Waals surface area contributed by atoms with Crippen LogP contribution in [0.15, 0.2) is 18.5 Å². The first kappa shape index (κ1) is 10.9. The van der Waals surface area contributed by atoms with Crippen LogP contribution in [0, 0.1) is 6.92 Å². The van der Waals surface area contributed by atoms with Crippen molar-refractivity contribution in [3.05, 3.63) is 40.2 Å². The fourth-order valence-corrected chi connectivity index (χ4v) is 2.13. The Morgan fingerprint density at radius 2 is 2.25 bits per heavy atom. The van der Waals surface area contributed by atoms with Gasteiger partial charge in [-0.25, -0.2) is 0 Å². The van der Waals surface area contributed by atoms with Gasteiger partial charge < -0.3 is 0 Å². The Labute approximate surface area is 97.5 Å². The van der Waals surface area contributed by atoms with Crippen LogP contribution in [-0.4, -0.2) is 20.4 Å². The molecule has 0 amide bonds. The lowest BCUT2D eigenvalue weighted by atomic mass is 10.1. The summed E-state index contributed by atoms with van der Waals surface area (Å²) in [6.45, 7) is 3.87. The van der Waals surface area contributed by atoms with Crippen LogP contribution in [-0.2, 0) is 6.42 Å². The van der Waals surface area contributed by atoms with Crippen LogP contribution < -0.4 is 0 Å². The Morgan fingerprint density at radius 3 is 2.94 bits per heavy atom. The number of aromatic nitrogens is 3. The quantitative estimate of drug-likeness (QED) is 0.761. The maximum atomic E-state index is 12.1. The van der Waals surface area contributed by atoms with Crippen molar-refractivity contribution in [1.82, 2.24) is 14.6 Å². The van der Waals surface area contributed by atoms with Gasteiger partial charge in [-0.3, -0.25) is 9.78 Å². The van der Waals surface area contributed by atoms with E-state index in [0.29, 0.717) is 10.4 Å². The Kier molecular flexibility index (Phi) is 3.05. The lowest BCUT2D eigenvalue weighted by Crippen LogP contribution is -2.03. The van der Waals surface area contributed by atoms with Gasteiger partial charge in [0.25, 0.3) is 0 Å². The van der Waals surface area contributed by atoms with Crippen molar-refractivity contribution >= 4 is 17.3 Å². The molecule has 0 aliphatic heterocycles.